The van der Waals surface area contributed by atoms with Gasteiger partial charge in [-0.1, -0.05) is 53.5 Å². The third kappa shape index (κ3) is 6.07. The summed E-state index contributed by atoms with van der Waals surface area (Å²) in [5.74, 6) is -0.766. The summed E-state index contributed by atoms with van der Waals surface area (Å²) in [5, 5.41) is 15.6. The highest BCUT2D eigenvalue weighted by molar-refractivity contribution is 7.92. The minimum absolute atomic E-state index is 0.0448. The summed E-state index contributed by atoms with van der Waals surface area (Å²) in [5.41, 5.74) is 2.43. The molecule has 33 heavy (non-hydrogen) atoms. The van der Waals surface area contributed by atoms with Gasteiger partial charge >= 0.3 is 0 Å². The zero-order chi connectivity index (χ0) is 24.0. The molecule has 3 aromatic carbocycles. The zero-order valence-electron chi connectivity index (χ0n) is 16.8. The number of nitrogens with one attached hydrogen (secondary N) is 1. The number of nitro benzene ring substituents is 1. The van der Waals surface area contributed by atoms with Gasteiger partial charge in [-0.05, 0) is 35.9 Å². The lowest BCUT2D eigenvalue weighted by Gasteiger charge is -2.23. The summed E-state index contributed by atoms with van der Waals surface area (Å²) in [6, 6.07) is 17.1. The summed E-state index contributed by atoms with van der Waals surface area (Å²) in [6.45, 7) is -0.670. The number of carbonyl (C=O) groups excluding carboxylic acids is 1. The topological polar surface area (TPSA) is 122 Å². The third-order valence-corrected chi connectivity index (χ3v) is 6.82. The van der Waals surface area contributed by atoms with E-state index in [-0.39, 0.29) is 16.3 Å². The van der Waals surface area contributed by atoms with Crippen LogP contribution < -0.4 is 9.73 Å². The number of sulfonamides is 1. The van der Waals surface area contributed by atoms with Gasteiger partial charge in [0, 0.05) is 12.1 Å². The number of amides is 1. The van der Waals surface area contributed by atoms with Crippen molar-refractivity contribution < 1.29 is 18.1 Å². The fraction of sp³-hybridized carbons (Fsp3) is 0.0476. The van der Waals surface area contributed by atoms with Crippen LogP contribution in [-0.4, -0.2) is 32.0 Å². The number of non-ortho nitro benzene ring substituents is 1. The van der Waals surface area contributed by atoms with Gasteiger partial charge in [-0.25, -0.2) is 13.8 Å². The van der Waals surface area contributed by atoms with Gasteiger partial charge in [-0.2, -0.15) is 5.10 Å². The van der Waals surface area contributed by atoms with Crippen LogP contribution in [0.25, 0.3) is 0 Å². The molecule has 0 spiro atoms. The maximum absolute atomic E-state index is 13.2. The van der Waals surface area contributed by atoms with Crippen molar-refractivity contribution in [2.45, 2.75) is 4.90 Å². The van der Waals surface area contributed by atoms with Gasteiger partial charge in [0.2, 0.25) is 0 Å². The normalized spacial score (nSPS) is 11.3. The van der Waals surface area contributed by atoms with Crippen molar-refractivity contribution in [2.24, 2.45) is 5.10 Å². The highest BCUT2D eigenvalue weighted by Gasteiger charge is 2.28. The fourth-order valence-corrected chi connectivity index (χ4v) is 4.47. The zero-order valence-corrected chi connectivity index (χ0v) is 19.1. The molecule has 170 valence electrons. The van der Waals surface area contributed by atoms with Crippen molar-refractivity contribution in [1.29, 1.82) is 0 Å². The Kier molecular flexibility index (Phi) is 7.64. The Morgan fingerprint density at radius 3 is 2.42 bits per heavy atom. The van der Waals surface area contributed by atoms with Crippen LogP contribution in [0.2, 0.25) is 10.0 Å². The van der Waals surface area contributed by atoms with Crippen molar-refractivity contribution in [2.75, 3.05) is 10.8 Å². The van der Waals surface area contributed by atoms with E-state index >= 15 is 0 Å². The predicted molar refractivity (Wildman–Crippen MR) is 126 cm³/mol. The van der Waals surface area contributed by atoms with Crippen LogP contribution in [0.3, 0.4) is 0 Å². The minimum atomic E-state index is -4.21. The van der Waals surface area contributed by atoms with E-state index in [2.05, 4.69) is 10.5 Å². The minimum Gasteiger partial charge on any atom is -0.271 e. The largest absolute Gasteiger partial charge is 0.271 e. The van der Waals surface area contributed by atoms with Crippen molar-refractivity contribution in [3.8, 4) is 0 Å². The number of nitrogens with zero attached hydrogens (tertiary/aromatic N) is 3. The number of hydrogen-bond acceptors (Lipinski definition) is 6. The first-order chi connectivity index (χ1) is 15.7. The van der Waals surface area contributed by atoms with E-state index in [0.717, 1.165) is 10.4 Å². The second-order valence-electron chi connectivity index (χ2n) is 6.57. The molecule has 0 bridgehead atoms. The van der Waals surface area contributed by atoms with Crippen molar-refractivity contribution in [3.63, 3.8) is 0 Å². The van der Waals surface area contributed by atoms with Gasteiger partial charge in [0.15, 0.2) is 0 Å². The van der Waals surface area contributed by atoms with E-state index in [0.29, 0.717) is 15.6 Å². The van der Waals surface area contributed by atoms with Crippen LogP contribution in [-0.2, 0) is 14.8 Å². The molecule has 3 aromatic rings. The summed E-state index contributed by atoms with van der Waals surface area (Å²) < 4.78 is 27.2. The van der Waals surface area contributed by atoms with Crippen molar-refractivity contribution in [3.05, 3.63) is 98.5 Å². The smallest absolute Gasteiger partial charge is 0.271 e. The van der Waals surface area contributed by atoms with Crippen molar-refractivity contribution >= 4 is 56.7 Å². The average molecular weight is 507 g/mol. The molecule has 9 nitrogen and oxygen atoms in total. The first kappa shape index (κ1) is 24.2. The molecule has 1 amide bonds. The van der Waals surface area contributed by atoms with Crippen LogP contribution >= 0.6 is 23.2 Å². The van der Waals surface area contributed by atoms with Gasteiger partial charge in [0.25, 0.3) is 21.6 Å². The highest BCUT2D eigenvalue weighted by atomic mass is 35.5. The maximum atomic E-state index is 13.2. The molecule has 0 aliphatic carbocycles. The number of hydrogen-bond donors (Lipinski definition) is 1. The molecule has 0 fully saturated rings. The SMILES string of the molecule is O=C(CN(c1cccc([N+](=O)[O-])c1)S(=O)(=O)c1ccccc1)N/N=C\c1ccc(Cl)c(Cl)c1. The van der Waals surface area contributed by atoms with Gasteiger partial charge in [-0.3, -0.25) is 19.2 Å². The monoisotopic (exact) mass is 506 g/mol. The summed E-state index contributed by atoms with van der Waals surface area (Å²) >= 11 is 11.8. The molecule has 0 saturated heterocycles. The molecule has 0 saturated carbocycles. The lowest BCUT2D eigenvalue weighted by molar-refractivity contribution is -0.384. The van der Waals surface area contributed by atoms with Crippen LogP contribution in [0.1, 0.15) is 5.56 Å². The van der Waals surface area contributed by atoms with E-state index in [9.17, 15) is 23.3 Å². The molecule has 0 heterocycles. The fourth-order valence-electron chi connectivity index (χ4n) is 2.73. The second-order valence-corrected chi connectivity index (χ2v) is 9.25. The van der Waals surface area contributed by atoms with Gasteiger partial charge in [-0.15, -0.1) is 0 Å². The molecule has 0 aliphatic heterocycles. The molecule has 0 atom stereocenters. The van der Waals surface area contributed by atoms with Crippen LogP contribution in [0.5, 0.6) is 0 Å². The molecule has 12 heteroatoms. The first-order valence-electron chi connectivity index (χ1n) is 9.27. The first-order valence-corrected chi connectivity index (χ1v) is 11.5. The van der Waals surface area contributed by atoms with E-state index in [1.807, 2.05) is 0 Å². The average Bonchev–Trinajstić information content (AvgIpc) is 2.80. The molecular formula is C21H16Cl2N4O5S. The number of halogens is 2. The molecule has 0 unspecified atom stereocenters. The van der Waals surface area contributed by atoms with Crippen LogP contribution in [0, 0.1) is 10.1 Å². The Balaban J connectivity index is 1.87. The summed E-state index contributed by atoms with van der Waals surface area (Å²) in [6.07, 6.45) is 1.31. The number of hydrazone groups is 1. The Hall–Kier alpha value is -3.47. The molecular weight excluding hydrogens is 491 g/mol. The van der Waals surface area contributed by atoms with Gasteiger partial charge < -0.3 is 0 Å². The van der Waals surface area contributed by atoms with E-state index in [1.54, 1.807) is 18.2 Å². The van der Waals surface area contributed by atoms with Gasteiger partial charge in [0.05, 0.1) is 31.8 Å². The Bertz CT molecular complexity index is 1320. The lowest BCUT2D eigenvalue weighted by atomic mass is 10.2. The summed E-state index contributed by atoms with van der Waals surface area (Å²) in [7, 11) is -4.21. The maximum Gasteiger partial charge on any atom is 0.271 e. The number of benzene rings is 3. The molecule has 1 N–H and O–H groups in total. The quantitative estimate of drug-likeness (QED) is 0.278. The Morgan fingerprint density at radius 1 is 1.03 bits per heavy atom. The Morgan fingerprint density at radius 2 is 1.76 bits per heavy atom. The third-order valence-electron chi connectivity index (χ3n) is 4.29. The van der Waals surface area contributed by atoms with Crippen LogP contribution in [0.4, 0.5) is 11.4 Å². The standard InChI is InChI=1S/C21H16Cl2N4O5S/c22-19-10-9-15(11-20(19)23)13-24-25-21(28)14-26(16-5-4-6-17(12-16)27(29)30)33(31,32)18-7-2-1-3-8-18/h1-13H,14H2,(H,25,28)/b24-13-. The molecule has 0 aliphatic rings. The van der Waals surface area contributed by atoms with Crippen molar-refractivity contribution in [1.82, 2.24) is 5.43 Å². The highest BCUT2D eigenvalue weighted by Crippen LogP contribution is 2.27. The second kappa shape index (κ2) is 10.4. The molecule has 3 rings (SSSR count). The number of anilines is 1. The molecule has 0 radical (unpaired) electrons. The predicted octanol–water partition coefficient (Wildman–Crippen LogP) is 4.25. The Labute approximate surface area is 199 Å². The van der Waals surface area contributed by atoms with E-state index in [4.69, 9.17) is 23.2 Å². The van der Waals surface area contributed by atoms with Gasteiger partial charge in [0.1, 0.15) is 6.54 Å². The lowest BCUT2D eigenvalue weighted by Crippen LogP contribution is -2.39. The van der Waals surface area contributed by atoms with E-state index in [1.165, 1.54) is 54.7 Å². The van der Waals surface area contributed by atoms with E-state index < -0.39 is 27.4 Å². The number of rotatable bonds is 8. The number of nitro groups is 1. The summed E-state index contributed by atoms with van der Waals surface area (Å²) in [4.78, 5) is 22.9. The number of carbonyl (C=O) groups is 1. The molecule has 0 aromatic heterocycles. The van der Waals surface area contributed by atoms with Crippen LogP contribution in [0.15, 0.2) is 82.8 Å².